The molecule has 1 fully saturated rings. The standard InChI is InChI=1S/C56H60O11/c1-34(31-57)43-21-17-35-15-18-38(19-16-35)44-22-20-40(39-12-8-11-37(28-39)27-36-9-4-3-5-10-36)29-41(44)30-49(60)64-52-50-48(67-56(2,42-13-6-7-14-42)53(52)66-54(43)61)24-23-45-47(32-58)46(25-26-63-33-59)55(62)65-51(45)50/h3-5,8-12,15-16,18-20,22-24,28,40-42,44,52-53,57-59H,6-7,13-14,17,21,25-27,29-33H2,1-2H3. The van der Waals surface area contributed by atoms with Gasteiger partial charge in [0.05, 0.1) is 25.4 Å². The van der Waals surface area contributed by atoms with E-state index < -0.39 is 48.8 Å². The number of carbonyl (C=O) groups is 2. The summed E-state index contributed by atoms with van der Waals surface area (Å²) in [6.07, 6.45) is 7.83. The first kappa shape index (κ1) is 46.3. The van der Waals surface area contributed by atoms with Gasteiger partial charge >= 0.3 is 17.6 Å². The minimum absolute atomic E-state index is 0.0102. The van der Waals surface area contributed by atoms with Gasteiger partial charge in [0, 0.05) is 47.1 Å². The van der Waals surface area contributed by atoms with E-state index in [0.717, 1.165) is 43.2 Å². The van der Waals surface area contributed by atoms with Crippen molar-refractivity contribution < 1.29 is 48.3 Å². The molecule has 0 radical (unpaired) electrons. The first-order valence-electron chi connectivity index (χ1n) is 23.8. The number of hydrogen-bond donors (Lipinski definition) is 3. The van der Waals surface area contributed by atoms with Crippen molar-refractivity contribution in [3.8, 4) is 5.75 Å². The number of esters is 2. The molecule has 11 nitrogen and oxygen atoms in total. The molecule has 2 aliphatic carbocycles. The minimum atomic E-state index is -1.29. The van der Waals surface area contributed by atoms with Gasteiger partial charge in [-0.25, -0.2) is 9.59 Å². The molecule has 4 aromatic carbocycles. The van der Waals surface area contributed by atoms with Gasteiger partial charge in [0.25, 0.3) is 0 Å². The first-order valence-corrected chi connectivity index (χ1v) is 23.8. The van der Waals surface area contributed by atoms with Gasteiger partial charge in [-0.2, -0.15) is 0 Å². The first-order chi connectivity index (χ1) is 32.6. The van der Waals surface area contributed by atoms with Crippen LogP contribution in [0.3, 0.4) is 0 Å². The molecule has 2 bridgehead atoms. The lowest BCUT2D eigenvalue weighted by Crippen LogP contribution is -2.58. The molecule has 5 aromatic rings. The zero-order valence-corrected chi connectivity index (χ0v) is 38.3. The summed E-state index contributed by atoms with van der Waals surface area (Å²) in [6.45, 7) is 2.23. The van der Waals surface area contributed by atoms with Crippen molar-refractivity contribution in [3.63, 3.8) is 0 Å². The Morgan fingerprint density at radius 3 is 2.34 bits per heavy atom. The highest BCUT2D eigenvalue weighted by atomic mass is 16.6. The highest BCUT2D eigenvalue weighted by molar-refractivity contribution is 5.90. The summed E-state index contributed by atoms with van der Waals surface area (Å²) in [5.41, 5.74) is 5.33. The fraction of sp³-hybridized carbons (Fsp3) is 0.411. The average molecular weight is 909 g/mol. The molecule has 67 heavy (non-hydrogen) atoms. The van der Waals surface area contributed by atoms with Crippen LogP contribution in [0.15, 0.2) is 124 Å². The smallest absolute Gasteiger partial charge is 0.339 e. The molecule has 350 valence electrons. The number of carbonyl (C=O) groups excluding carboxylic acids is 2. The van der Waals surface area contributed by atoms with Crippen LogP contribution in [0.5, 0.6) is 5.75 Å². The van der Waals surface area contributed by atoms with Gasteiger partial charge in [0.2, 0.25) is 0 Å². The molecule has 11 heteroatoms. The molecule has 0 saturated heterocycles. The van der Waals surface area contributed by atoms with E-state index in [1.54, 1.807) is 19.1 Å². The molecule has 1 saturated carbocycles. The Bertz CT molecular complexity index is 2710. The minimum Gasteiger partial charge on any atom is -0.483 e. The third kappa shape index (κ3) is 9.52. The summed E-state index contributed by atoms with van der Waals surface area (Å²) < 4.78 is 31.8. The molecule has 5 aliphatic rings. The summed E-state index contributed by atoms with van der Waals surface area (Å²) in [4.78, 5) is 43.7. The van der Waals surface area contributed by atoms with Crippen LogP contribution in [0.25, 0.3) is 11.0 Å². The zero-order valence-electron chi connectivity index (χ0n) is 38.3. The van der Waals surface area contributed by atoms with Crippen LogP contribution in [0.1, 0.15) is 121 Å². The molecular formula is C56H60O11. The number of aliphatic hydroxyl groups is 3. The van der Waals surface area contributed by atoms with E-state index >= 15 is 4.79 Å². The number of benzene rings is 4. The number of ether oxygens (including phenoxy) is 4. The van der Waals surface area contributed by atoms with Gasteiger partial charge in [-0.05, 0) is 109 Å². The van der Waals surface area contributed by atoms with Gasteiger partial charge in [-0.1, -0.05) is 104 Å². The highest BCUT2D eigenvalue weighted by Crippen LogP contribution is 2.53. The number of hydrogen-bond acceptors (Lipinski definition) is 11. The fourth-order valence-electron chi connectivity index (χ4n) is 11.2. The molecule has 6 unspecified atom stereocenters. The van der Waals surface area contributed by atoms with E-state index in [9.17, 15) is 24.9 Å². The molecule has 0 spiro atoms. The van der Waals surface area contributed by atoms with Gasteiger partial charge < -0.3 is 38.7 Å². The number of aliphatic hydroxyl groups excluding tert-OH is 3. The van der Waals surface area contributed by atoms with E-state index in [0.29, 0.717) is 40.7 Å². The monoisotopic (exact) mass is 908 g/mol. The predicted molar refractivity (Wildman–Crippen MR) is 252 cm³/mol. The summed E-state index contributed by atoms with van der Waals surface area (Å²) >= 11 is 0. The van der Waals surface area contributed by atoms with E-state index in [4.69, 9.17) is 23.4 Å². The van der Waals surface area contributed by atoms with Gasteiger partial charge in [-0.15, -0.1) is 0 Å². The van der Waals surface area contributed by atoms with Crippen LogP contribution < -0.4 is 10.4 Å². The van der Waals surface area contributed by atoms with Crippen LogP contribution >= 0.6 is 0 Å². The van der Waals surface area contributed by atoms with Crippen LogP contribution in [0, 0.1) is 11.8 Å². The van der Waals surface area contributed by atoms with Crippen molar-refractivity contribution in [3.05, 3.63) is 169 Å². The van der Waals surface area contributed by atoms with Crippen LogP contribution in [-0.2, 0) is 49.7 Å². The van der Waals surface area contributed by atoms with Crippen molar-refractivity contribution in [1.82, 2.24) is 0 Å². The number of aryl methyl sites for hydroxylation is 1. The van der Waals surface area contributed by atoms with Crippen LogP contribution in [0.4, 0.5) is 0 Å². The molecule has 3 aliphatic heterocycles. The Kier molecular flexibility index (Phi) is 13.9. The second-order valence-electron chi connectivity index (χ2n) is 18.9. The lowest BCUT2D eigenvalue weighted by Gasteiger charge is -2.48. The summed E-state index contributed by atoms with van der Waals surface area (Å²) in [6, 6.07) is 30.9. The summed E-state index contributed by atoms with van der Waals surface area (Å²) in [5, 5.41) is 30.9. The Labute approximate surface area is 391 Å². The molecule has 4 heterocycles. The number of allylic oxidation sites excluding steroid dienone is 2. The Balaban J connectivity index is 1.16. The van der Waals surface area contributed by atoms with Crippen molar-refractivity contribution in [2.45, 2.75) is 114 Å². The SMILES string of the molecule is CC(CO)=C1CCc2ccc(cc2)C2C=CC(c3cccc(Cc4ccccc4)c3)CC2CC(=O)OC2c3c(ccc4c(CO)c(CCOCO)c(=O)oc34)OC(C)(C3CCCC3)C2OC1=O. The van der Waals surface area contributed by atoms with E-state index in [-0.39, 0.29) is 72.9 Å². The van der Waals surface area contributed by atoms with Crippen molar-refractivity contribution in [1.29, 1.82) is 0 Å². The van der Waals surface area contributed by atoms with Gasteiger partial charge in [0.15, 0.2) is 12.2 Å². The van der Waals surface area contributed by atoms with Crippen LogP contribution in [-0.4, -0.2) is 59.0 Å². The quantitative estimate of drug-likeness (QED) is 0.0306. The summed E-state index contributed by atoms with van der Waals surface area (Å²) in [7, 11) is 0. The largest absolute Gasteiger partial charge is 0.483 e. The molecular weight excluding hydrogens is 849 g/mol. The Morgan fingerprint density at radius 1 is 0.821 bits per heavy atom. The van der Waals surface area contributed by atoms with Crippen molar-refractivity contribution in [2.24, 2.45) is 11.8 Å². The van der Waals surface area contributed by atoms with Crippen molar-refractivity contribution in [2.75, 3.05) is 20.0 Å². The van der Waals surface area contributed by atoms with Crippen LogP contribution in [0.2, 0.25) is 0 Å². The molecule has 6 atom stereocenters. The molecule has 1 aromatic heterocycles. The van der Waals surface area contributed by atoms with E-state index in [2.05, 4.69) is 84.9 Å². The summed E-state index contributed by atoms with van der Waals surface area (Å²) in [5.74, 6) is -1.20. The lowest BCUT2D eigenvalue weighted by atomic mass is 9.72. The fourth-order valence-corrected chi connectivity index (χ4v) is 11.2. The second-order valence-corrected chi connectivity index (χ2v) is 18.9. The zero-order chi connectivity index (χ0) is 46.7. The Hall–Kier alpha value is -5.85. The number of fused-ring (bicyclic) bond motifs is 11. The lowest BCUT2D eigenvalue weighted by molar-refractivity contribution is -0.199. The van der Waals surface area contributed by atoms with Gasteiger partial charge in [0.1, 0.15) is 23.7 Å². The maximum atomic E-state index is 15.1. The molecule has 10 rings (SSSR count). The topological polar surface area (TPSA) is 162 Å². The maximum Gasteiger partial charge on any atom is 0.339 e. The molecule has 0 amide bonds. The second kappa shape index (κ2) is 20.2. The van der Waals surface area contributed by atoms with Crippen molar-refractivity contribution >= 4 is 22.9 Å². The number of rotatable bonds is 10. The average Bonchev–Trinajstić information content (AvgIpc) is 3.90. The third-order valence-electron chi connectivity index (χ3n) is 14.8. The normalized spacial score (nSPS) is 25.2. The van der Waals surface area contributed by atoms with E-state index in [1.165, 1.54) is 16.7 Å². The predicted octanol–water partition coefficient (Wildman–Crippen LogP) is 9.01. The highest BCUT2D eigenvalue weighted by Gasteiger charge is 2.57. The van der Waals surface area contributed by atoms with Gasteiger partial charge in [-0.3, -0.25) is 4.79 Å². The third-order valence-corrected chi connectivity index (χ3v) is 14.8. The molecule has 3 N–H and O–H groups in total. The maximum absolute atomic E-state index is 15.1. The Morgan fingerprint density at radius 2 is 1.60 bits per heavy atom. The van der Waals surface area contributed by atoms with E-state index in [1.807, 2.05) is 13.0 Å².